The first-order valence-electron chi connectivity index (χ1n) is 9.27. The van der Waals surface area contributed by atoms with Gasteiger partial charge in [-0.05, 0) is 35.9 Å². The van der Waals surface area contributed by atoms with E-state index < -0.39 is 0 Å². The lowest BCUT2D eigenvalue weighted by molar-refractivity contribution is -0.114. The summed E-state index contributed by atoms with van der Waals surface area (Å²) in [6.45, 7) is 0.475. The molecule has 0 aliphatic carbocycles. The molecule has 148 valence electrons. The van der Waals surface area contributed by atoms with Crippen LogP contribution in [0.5, 0.6) is 5.75 Å². The second-order valence-electron chi connectivity index (χ2n) is 6.33. The largest absolute Gasteiger partial charge is 0.487 e. The Balaban J connectivity index is 1.57. The molecule has 0 saturated heterocycles. The number of hydrogen-bond donors (Lipinski definition) is 3. The van der Waals surface area contributed by atoms with E-state index in [9.17, 15) is 9.59 Å². The Hall–Kier alpha value is -3.80. The Labute approximate surface area is 169 Å². The number of para-hydroxylation sites is 2. The maximum Gasteiger partial charge on any atom is 0.251 e. The van der Waals surface area contributed by atoms with Crippen LogP contribution in [0.15, 0.2) is 78.9 Å². The van der Waals surface area contributed by atoms with E-state index in [0.29, 0.717) is 29.3 Å². The minimum Gasteiger partial charge on any atom is -0.487 e. The second kappa shape index (κ2) is 9.94. The van der Waals surface area contributed by atoms with Crippen LogP contribution in [0.1, 0.15) is 15.9 Å². The number of anilines is 2. The molecule has 0 aliphatic heterocycles. The molecule has 6 nitrogen and oxygen atoms in total. The van der Waals surface area contributed by atoms with Crippen molar-refractivity contribution < 1.29 is 14.3 Å². The fourth-order valence-corrected chi connectivity index (χ4v) is 2.72. The van der Waals surface area contributed by atoms with Crippen molar-refractivity contribution in [3.63, 3.8) is 0 Å². The van der Waals surface area contributed by atoms with Gasteiger partial charge in [-0.1, -0.05) is 48.5 Å². The van der Waals surface area contributed by atoms with Gasteiger partial charge < -0.3 is 20.7 Å². The zero-order valence-electron chi connectivity index (χ0n) is 16.1. The molecule has 6 heteroatoms. The molecule has 3 N–H and O–H groups in total. The monoisotopic (exact) mass is 389 g/mol. The van der Waals surface area contributed by atoms with Crippen molar-refractivity contribution in [2.75, 3.05) is 24.2 Å². The van der Waals surface area contributed by atoms with Gasteiger partial charge in [-0.3, -0.25) is 9.59 Å². The van der Waals surface area contributed by atoms with Crippen LogP contribution in [-0.2, 0) is 11.4 Å². The first kappa shape index (κ1) is 19.9. The highest BCUT2D eigenvalue weighted by molar-refractivity contribution is 5.96. The molecular weight excluding hydrogens is 366 g/mol. The Morgan fingerprint density at radius 3 is 2.45 bits per heavy atom. The van der Waals surface area contributed by atoms with Gasteiger partial charge in [0.15, 0.2) is 0 Å². The van der Waals surface area contributed by atoms with Crippen LogP contribution in [0, 0.1) is 0 Å². The van der Waals surface area contributed by atoms with Crippen LogP contribution in [-0.4, -0.2) is 25.4 Å². The maximum absolute atomic E-state index is 12.4. The lowest BCUT2D eigenvalue weighted by Crippen LogP contribution is -2.22. The number of ether oxygens (including phenoxy) is 1. The van der Waals surface area contributed by atoms with Gasteiger partial charge in [0.1, 0.15) is 12.4 Å². The maximum atomic E-state index is 12.4. The zero-order valence-corrected chi connectivity index (χ0v) is 16.1. The van der Waals surface area contributed by atoms with E-state index in [1.807, 2.05) is 48.5 Å². The van der Waals surface area contributed by atoms with Crippen molar-refractivity contribution in [1.29, 1.82) is 0 Å². The van der Waals surface area contributed by atoms with Crippen molar-refractivity contribution in [3.05, 3.63) is 90.0 Å². The van der Waals surface area contributed by atoms with Crippen molar-refractivity contribution in [2.45, 2.75) is 6.61 Å². The Bertz CT molecular complexity index is 974. The first-order chi connectivity index (χ1) is 14.2. The summed E-state index contributed by atoms with van der Waals surface area (Å²) in [4.78, 5) is 24.1. The minimum atomic E-state index is -0.217. The summed E-state index contributed by atoms with van der Waals surface area (Å²) in [5, 5.41) is 8.46. The van der Waals surface area contributed by atoms with E-state index in [2.05, 4.69) is 16.0 Å². The van der Waals surface area contributed by atoms with Crippen molar-refractivity contribution in [3.8, 4) is 5.75 Å². The molecular formula is C23H23N3O3. The Morgan fingerprint density at radius 1 is 0.897 bits per heavy atom. The topological polar surface area (TPSA) is 79.5 Å². The normalized spacial score (nSPS) is 10.1. The van der Waals surface area contributed by atoms with E-state index in [0.717, 1.165) is 5.56 Å². The molecule has 0 unspecified atom stereocenters. The molecule has 0 heterocycles. The molecule has 0 bridgehead atoms. The predicted octanol–water partition coefficient (Wildman–Crippen LogP) is 3.68. The summed E-state index contributed by atoms with van der Waals surface area (Å²) in [7, 11) is 1.58. The standard InChI is InChI=1S/C23H23N3O3/c1-24-23(28)18-10-7-11-19(14-18)25-15-22(27)26-20-12-5-6-13-21(20)29-16-17-8-3-2-4-9-17/h2-14,25H,15-16H2,1H3,(H,24,28)(H,26,27). The highest BCUT2D eigenvalue weighted by atomic mass is 16.5. The SMILES string of the molecule is CNC(=O)c1cccc(NCC(=O)Nc2ccccc2OCc2ccccc2)c1. The van der Waals surface area contributed by atoms with Crippen LogP contribution in [0.4, 0.5) is 11.4 Å². The van der Waals surface area contributed by atoms with Gasteiger partial charge >= 0.3 is 0 Å². The molecule has 29 heavy (non-hydrogen) atoms. The molecule has 2 amide bonds. The average molecular weight is 389 g/mol. The highest BCUT2D eigenvalue weighted by Gasteiger charge is 2.09. The van der Waals surface area contributed by atoms with Crippen molar-refractivity contribution in [1.82, 2.24) is 5.32 Å². The number of rotatable bonds is 8. The van der Waals surface area contributed by atoms with E-state index in [1.54, 1.807) is 37.4 Å². The molecule has 3 aromatic carbocycles. The van der Waals surface area contributed by atoms with E-state index >= 15 is 0 Å². The summed E-state index contributed by atoms with van der Waals surface area (Å²) >= 11 is 0. The minimum absolute atomic E-state index is 0.0597. The van der Waals surface area contributed by atoms with E-state index in [-0.39, 0.29) is 18.4 Å². The van der Waals surface area contributed by atoms with Crippen molar-refractivity contribution in [2.24, 2.45) is 0 Å². The first-order valence-corrected chi connectivity index (χ1v) is 9.27. The average Bonchev–Trinajstić information content (AvgIpc) is 2.77. The summed E-state index contributed by atoms with van der Waals surface area (Å²) in [5.74, 6) is 0.208. The fraction of sp³-hybridized carbons (Fsp3) is 0.130. The van der Waals surface area contributed by atoms with Gasteiger partial charge in [0.25, 0.3) is 5.91 Å². The van der Waals surface area contributed by atoms with Crippen LogP contribution in [0.2, 0.25) is 0 Å². The van der Waals surface area contributed by atoms with Crippen LogP contribution in [0.3, 0.4) is 0 Å². The predicted molar refractivity (Wildman–Crippen MR) is 114 cm³/mol. The number of amides is 2. The summed E-state index contributed by atoms with van der Waals surface area (Å²) in [5.41, 5.74) is 2.87. The number of carbonyl (C=O) groups excluding carboxylic acids is 2. The summed E-state index contributed by atoms with van der Waals surface area (Å²) in [6, 6.07) is 24.1. The van der Waals surface area contributed by atoms with Gasteiger partial charge in [0.2, 0.25) is 5.91 Å². The van der Waals surface area contributed by atoms with Gasteiger partial charge in [-0.2, -0.15) is 0 Å². The molecule has 0 fully saturated rings. The Kier molecular flexibility index (Phi) is 6.84. The van der Waals surface area contributed by atoms with E-state index in [4.69, 9.17) is 4.74 Å². The highest BCUT2D eigenvalue weighted by Crippen LogP contribution is 2.24. The molecule has 3 rings (SSSR count). The molecule has 3 aromatic rings. The van der Waals surface area contributed by atoms with Gasteiger partial charge in [-0.25, -0.2) is 0 Å². The van der Waals surface area contributed by atoms with Gasteiger partial charge in [0.05, 0.1) is 12.2 Å². The zero-order chi connectivity index (χ0) is 20.5. The molecule has 0 radical (unpaired) electrons. The summed E-state index contributed by atoms with van der Waals surface area (Å²) in [6.07, 6.45) is 0. The van der Waals surface area contributed by atoms with Crippen LogP contribution >= 0.6 is 0 Å². The Morgan fingerprint density at radius 2 is 1.66 bits per heavy atom. The number of hydrogen-bond acceptors (Lipinski definition) is 4. The molecule has 0 saturated carbocycles. The molecule has 0 atom stereocenters. The molecule has 0 spiro atoms. The quantitative estimate of drug-likeness (QED) is 0.549. The second-order valence-corrected chi connectivity index (χ2v) is 6.33. The molecule has 0 aliphatic rings. The third-order valence-corrected chi connectivity index (χ3v) is 4.20. The number of nitrogens with one attached hydrogen (secondary N) is 3. The smallest absolute Gasteiger partial charge is 0.251 e. The van der Waals surface area contributed by atoms with E-state index in [1.165, 1.54) is 0 Å². The third kappa shape index (κ3) is 5.84. The number of carbonyl (C=O) groups is 2. The number of benzene rings is 3. The van der Waals surface area contributed by atoms with Crippen LogP contribution in [0.25, 0.3) is 0 Å². The fourth-order valence-electron chi connectivity index (χ4n) is 2.72. The van der Waals surface area contributed by atoms with Gasteiger partial charge in [-0.15, -0.1) is 0 Å². The third-order valence-electron chi connectivity index (χ3n) is 4.20. The molecule has 0 aromatic heterocycles. The van der Waals surface area contributed by atoms with Crippen LogP contribution < -0.4 is 20.7 Å². The van der Waals surface area contributed by atoms with Crippen molar-refractivity contribution >= 4 is 23.2 Å². The van der Waals surface area contributed by atoms with Gasteiger partial charge in [0, 0.05) is 18.3 Å². The summed E-state index contributed by atoms with van der Waals surface area (Å²) < 4.78 is 5.86. The lowest BCUT2D eigenvalue weighted by atomic mass is 10.2. The lowest BCUT2D eigenvalue weighted by Gasteiger charge is -2.13.